The standard InChI is InChI=1S/C12H16N2O/c1-8-3-9(2)5-10(4-8)12-6-11(7-13)15-14-12/h3-5,11H,6-7,13H2,1-2H3. The van der Waals surface area contributed by atoms with Crippen molar-refractivity contribution in [2.75, 3.05) is 6.54 Å². The molecule has 3 heteroatoms. The van der Waals surface area contributed by atoms with Crippen molar-refractivity contribution in [3.8, 4) is 0 Å². The third-order valence-corrected chi connectivity index (χ3v) is 2.55. The minimum Gasteiger partial charge on any atom is -0.390 e. The van der Waals surface area contributed by atoms with Gasteiger partial charge in [0.15, 0.2) is 0 Å². The number of oxime groups is 1. The van der Waals surface area contributed by atoms with E-state index in [0.29, 0.717) is 6.54 Å². The normalized spacial score (nSPS) is 19.9. The van der Waals surface area contributed by atoms with Crippen molar-refractivity contribution in [1.82, 2.24) is 0 Å². The maximum Gasteiger partial charge on any atom is 0.145 e. The lowest BCUT2D eigenvalue weighted by Gasteiger charge is -2.04. The molecule has 1 aliphatic heterocycles. The Bertz CT molecular complexity index is 378. The average molecular weight is 204 g/mol. The Kier molecular flexibility index (Phi) is 2.73. The fraction of sp³-hybridized carbons (Fsp3) is 0.417. The highest BCUT2D eigenvalue weighted by Gasteiger charge is 2.20. The summed E-state index contributed by atoms with van der Waals surface area (Å²) in [6.45, 7) is 4.71. The van der Waals surface area contributed by atoms with Crippen LogP contribution in [0, 0.1) is 13.8 Å². The van der Waals surface area contributed by atoms with Gasteiger partial charge in [-0.05, 0) is 19.4 Å². The summed E-state index contributed by atoms with van der Waals surface area (Å²) >= 11 is 0. The summed E-state index contributed by atoms with van der Waals surface area (Å²) in [7, 11) is 0. The van der Waals surface area contributed by atoms with Crippen LogP contribution >= 0.6 is 0 Å². The van der Waals surface area contributed by atoms with Gasteiger partial charge in [0.2, 0.25) is 0 Å². The molecule has 2 N–H and O–H groups in total. The third kappa shape index (κ3) is 2.18. The van der Waals surface area contributed by atoms with Gasteiger partial charge in [0, 0.05) is 13.0 Å². The number of nitrogens with zero attached hydrogens (tertiary/aromatic N) is 1. The highest BCUT2D eigenvalue weighted by molar-refractivity contribution is 6.01. The van der Waals surface area contributed by atoms with Crippen molar-refractivity contribution in [3.05, 3.63) is 34.9 Å². The molecule has 15 heavy (non-hydrogen) atoms. The minimum absolute atomic E-state index is 0.0563. The van der Waals surface area contributed by atoms with E-state index in [4.69, 9.17) is 10.6 Å². The van der Waals surface area contributed by atoms with Gasteiger partial charge in [-0.25, -0.2) is 0 Å². The molecule has 1 atom stereocenters. The summed E-state index contributed by atoms with van der Waals surface area (Å²) in [6.07, 6.45) is 0.875. The highest BCUT2D eigenvalue weighted by Crippen LogP contribution is 2.18. The zero-order valence-corrected chi connectivity index (χ0v) is 9.16. The van der Waals surface area contributed by atoms with E-state index in [-0.39, 0.29) is 6.10 Å². The number of benzene rings is 1. The second-order valence-corrected chi connectivity index (χ2v) is 4.08. The fourth-order valence-electron chi connectivity index (χ4n) is 1.87. The highest BCUT2D eigenvalue weighted by atomic mass is 16.6. The topological polar surface area (TPSA) is 47.6 Å². The SMILES string of the molecule is Cc1cc(C)cc(C2=NOC(CN)C2)c1. The molecule has 0 amide bonds. The monoisotopic (exact) mass is 204 g/mol. The maximum absolute atomic E-state index is 5.54. The van der Waals surface area contributed by atoms with E-state index < -0.39 is 0 Å². The van der Waals surface area contributed by atoms with Crippen molar-refractivity contribution < 1.29 is 4.84 Å². The summed E-state index contributed by atoms with van der Waals surface area (Å²) in [5.74, 6) is 0. The van der Waals surface area contributed by atoms with Crippen LogP contribution in [0.5, 0.6) is 0 Å². The van der Waals surface area contributed by atoms with Gasteiger partial charge in [-0.15, -0.1) is 0 Å². The minimum atomic E-state index is 0.0563. The first-order valence-electron chi connectivity index (χ1n) is 5.20. The summed E-state index contributed by atoms with van der Waals surface area (Å²) < 4.78 is 0. The first-order valence-corrected chi connectivity index (χ1v) is 5.20. The van der Waals surface area contributed by atoms with Crippen LogP contribution in [0.15, 0.2) is 23.4 Å². The molecule has 0 bridgehead atoms. The Labute approximate surface area is 89.9 Å². The van der Waals surface area contributed by atoms with E-state index in [0.717, 1.165) is 17.7 Å². The first-order chi connectivity index (χ1) is 7.19. The van der Waals surface area contributed by atoms with Gasteiger partial charge in [-0.3, -0.25) is 0 Å². The number of hydrogen-bond donors (Lipinski definition) is 1. The molecule has 1 aromatic carbocycles. The molecular weight excluding hydrogens is 188 g/mol. The fourth-order valence-corrected chi connectivity index (χ4v) is 1.87. The van der Waals surface area contributed by atoms with Crippen molar-refractivity contribution in [2.45, 2.75) is 26.4 Å². The number of hydrogen-bond acceptors (Lipinski definition) is 3. The molecule has 0 radical (unpaired) electrons. The summed E-state index contributed by atoms with van der Waals surface area (Å²) in [5.41, 5.74) is 10.2. The Balaban J connectivity index is 2.24. The maximum atomic E-state index is 5.54. The lowest BCUT2D eigenvalue weighted by Crippen LogP contribution is -2.20. The Morgan fingerprint density at radius 2 is 2.00 bits per heavy atom. The lowest BCUT2D eigenvalue weighted by molar-refractivity contribution is 0.0918. The Morgan fingerprint density at radius 1 is 1.33 bits per heavy atom. The van der Waals surface area contributed by atoms with Crippen molar-refractivity contribution in [2.24, 2.45) is 10.9 Å². The summed E-state index contributed by atoms with van der Waals surface area (Å²) in [4.78, 5) is 5.21. The van der Waals surface area contributed by atoms with Crippen LogP contribution in [0.1, 0.15) is 23.1 Å². The van der Waals surface area contributed by atoms with E-state index in [1.807, 2.05) is 0 Å². The van der Waals surface area contributed by atoms with Crippen LogP contribution in [-0.4, -0.2) is 18.4 Å². The molecular formula is C12H16N2O. The second kappa shape index (κ2) is 4.03. The predicted octanol–water partition coefficient (Wildman–Crippen LogP) is 1.76. The molecule has 0 aliphatic carbocycles. The zero-order valence-electron chi connectivity index (χ0n) is 9.16. The Morgan fingerprint density at radius 3 is 2.53 bits per heavy atom. The van der Waals surface area contributed by atoms with Crippen LogP contribution in [0.4, 0.5) is 0 Å². The van der Waals surface area contributed by atoms with Crippen molar-refractivity contribution in [1.29, 1.82) is 0 Å². The van der Waals surface area contributed by atoms with Gasteiger partial charge in [0.25, 0.3) is 0 Å². The van der Waals surface area contributed by atoms with Crippen molar-refractivity contribution in [3.63, 3.8) is 0 Å². The van der Waals surface area contributed by atoms with E-state index >= 15 is 0 Å². The molecule has 0 saturated carbocycles. The summed E-state index contributed by atoms with van der Waals surface area (Å²) in [6, 6.07) is 6.42. The van der Waals surface area contributed by atoms with Crippen LogP contribution in [0.2, 0.25) is 0 Å². The van der Waals surface area contributed by atoms with Gasteiger partial charge in [0.05, 0.1) is 5.71 Å². The second-order valence-electron chi connectivity index (χ2n) is 4.08. The van der Waals surface area contributed by atoms with E-state index in [1.54, 1.807) is 0 Å². The van der Waals surface area contributed by atoms with E-state index in [9.17, 15) is 0 Å². The zero-order chi connectivity index (χ0) is 10.8. The van der Waals surface area contributed by atoms with Crippen LogP contribution < -0.4 is 5.73 Å². The largest absolute Gasteiger partial charge is 0.390 e. The molecule has 2 rings (SSSR count). The van der Waals surface area contributed by atoms with Gasteiger partial charge >= 0.3 is 0 Å². The molecule has 0 saturated heterocycles. The Hall–Kier alpha value is -1.35. The molecule has 1 heterocycles. The van der Waals surface area contributed by atoms with Gasteiger partial charge in [-0.2, -0.15) is 0 Å². The average Bonchev–Trinajstić information content (AvgIpc) is 2.64. The van der Waals surface area contributed by atoms with E-state index in [1.165, 1.54) is 11.1 Å². The predicted molar refractivity (Wildman–Crippen MR) is 61.0 cm³/mol. The van der Waals surface area contributed by atoms with Crippen LogP contribution in [-0.2, 0) is 4.84 Å². The molecule has 0 aromatic heterocycles. The van der Waals surface area contributed by atoms with Crippen molar-refractivity contribution >= 4 is 5.71 Å². The lowest BCUT2D eigenvalue weighted by atomic mass is 10.0. The van der Waals surface area contributed by atoms with Gasteiger partial charge < -0.3 is 10.6 Å². The summed E-state index contributed by atoms with van der Waals surface area (Å²) in [5, 5.41) is 4.08. The molecule has 3 nitrogen and oxygen atoms in total. The number of nitrogens with two attached hydrogens (primary N) is 1. The molecule has 1 aromatic rings. The third-order valence-electron chi connectivity index (χ3n) is 2.55. The quantitative estimate of drug-likeness (QED) is 0.797. The molecule has 0 fully saturated rings. The molecule has 80 valence electrons. The van der Waals surface area contributed by atoms with Gasteiger partial charge in [-0.1, -0.05) is 34.5 Å². The molecule has 1 aliphatic rings. The van der Waals surface area contributed by atoms with E-state index in [2.05, 4.69) is 37.2 Å². The first kappa shape index (κ1) is 10.2. The molecule has 0 spiro atoms. The van der Waals surface area contributed by atoms with Crippen LogP contribution in [0.25, 0.3) is 0 Å². The molecule has 1 unspecified atom stereocenters. The van der Waals surface area contributed by atoms with Gasteiger partial charge in [0.1, 0.15) is 6.10 Å². The van der Waals surface area contributed by atoms with Crippen LogP contribution in [0.3, 0.4) is 0 Å². The smallest absolute Gasteiger partial charge is 0.145 e. The number of rotatable bonds is 2. The number of aryl methyl sites for hydroxylation is 2.